The lowest BCUT2D eigenvalue weighted by Gasteiger charge is -2.03. The number of aromatic nitrogens is 1. The number of rotatable bonds is 7. The molecule has 0 aliphatic rings. The molecule has 0 saturated heterocycles. The van der Waals surface area contributed by atoms with Gasteiger partial charge in [0.1, 0.15) is 10.8 Å². The van der Waals surface area contributed by atoms with Gasteiger partial charge in [-0.25, -0.2) is 4.98 Å². The number of carboxylic acids is 1. The summed E-state index contributed by atoms with van der Waals surface area (Å²) in [5, 5.41) is 9.75. The fraction of sp³-hybridized carbons (Fsp3) is 0.333. The van der Waals surface area contributed by atoms with Crippen molar-refractivity contribution in [2.24, 2.45) is 0 Å². The topological polar surface area (TPSA) is 68.7 Å². The largest absolute Gasteiger partial charge is 0.494 e. The van der Waals surface area contributed by atoms with Crippen molar-refractivity contribution in [3.8, 4) is 16.3 Å². The first kappa shape index (κ1) is 15.5. The van der Waals surface area contributed by atoms with E-state index in [4.69, 9.17) is 14.6 Å². The van der Waals surface area contributed by atoms with E-state index in [9.17, 15) is 4.79 Å². The molecule has 0 aliphatic carbocycles. The van der Waals surface area contributed by atoms with E-state index in [1.807, 2.05) is 31.2 Å². The van der Waals surface area contributed by atoms with Gasteiger partial charge >= 0.3 is 5.97 Å². The Kier molecular flexibility index (Phi) is 5.30. The van der Waals surface area contributed by atoms with E-state index in [0.29, 0.717) is 18.9 Å². The monoisotopic (exact) mass is 307 g/mol. The van der Waals surface area contributed by atoms with E-state index in [-0.39, 0.29) is 6.42 Å². The van der Waals surface area contributed by atoms with Gasteiger partial charge in [0.25, 0.3) is 0 Å². The van der Waals surface area contributed by atoms with Crippen LogP contribution >= 0.6 is 11.3 Å². The highest BCUT2D eigenvalue weighted by Gasteiger charge is 2.15. The maximum Gasteiger partial charge on any atom is 0.308 e. The summed E-state index contributed by atoms with van der Waals surface area (Å²) in [6.07, 6.45) is -0.0402. The predicted octanol–water partition coefficient (Wildman–Crippen LogP) is 2.98. The van der Waals surface area contributed by atoms with Crippen LogP contribution in [0, 0.1) is 0 Å². The summed E-state index contributed by atoms with van der Waals surface area (Å²) in [7, 11) is 1.57. The third kappa shape index (κ3) is 4.03. The zero-order valence-electron chi connectivity index (χ0n) is 12.0. The molecule has 0 bridgehead atoms. The minimum atomic E-state index is -0.870. The van der Waals surface area contributed by atoms with Gasteiger partial charge < -0.3 is 14.6 Å². The minimum Gasteiger partial charge on any atom is -0.494 e. The quantitative estimate of drug-likeness (QED) is 0.851. The molecular weight excluding hydrogens is 290 g/mol. The van der Waals surface area contributed by atoms with Gasteiger partial charge in [-0.15, -0.1) is 11.3 Å². The number of hydrogen-bond donors (Lipinski definition) is 1. The van der Waals surface area contributed by atoms with Crippen LogP contribution in [0.2, 0.25) is 0 Å². The highest BCUT2D eigenvalue weighted by atomic mass is 32.1. The predicted molar refractivity (Wildman–Crippen MR) is 80.8 cm³/mol. The van der Waals surface area contributed by atoms with E-state index >= 15 is 0 Å². The van der Waals surface area contributed by atoms with Crippen LogP contribution in [0.1, 0.15) is 17.5 Å². The standard InChI is InChI=1S/C15H17NO4S/c1-3-20-11-6-4-5-10(7-11)15-16-12(9-19-2)13(21-15)8-14(17)18/h4-7H,3,8-9H2,1-2H3,(H,17,18). The first-order valence-electron chi connectivity index (χ1n) is 6.56. The second kappa shape index (κ2) is 7.19. The first-order chi connectivity index (χ1) is 10.1. The molecule has 2 rings (SSSR count). The number of carbonyl (C=O) groups is 1. The van der Waals surface area contributed by atoms with Crippen molar-refractivity contribution in [2.45, 2.75) is 20.0 Å². The van der Waals surface area contributed by atoms with Crippen LogP contribution in [-0.2, 0) is 22.6 Å². The lowest BCUT2D eigenvalue weighted by Crippen LogP contribution is -2.01. The van der Waals surface area contributed by atoms with Crippen molar-refractivity contribution < 1.29 is 19.4 Å². The average Bonchev–Trinajstić information content (AvgIpc) is 2.82. The number of nitrogens with zero attached hydrogens (tertiary/aromatic N) is 1. The lowest BCUT2D eigenvalue weighted by atomic mass is 10.2. The second-order valence-corrected chi connectivity index (χ2v) is 5.44. The van der Waals surface area contributed by atoms with Gasteiger partial charge in [0.15, 0.2) is 0 Å². The molecule has 0 radical (unpaired) electrons. The Morgan fingerprint density at radius 1 is 1.43 bits per heavy atom. The lowest BCUT2D eigenvalue weighted by molar-refractivity contribution is -0.136. The SMILES string of the molecule is CCOc1cccc(-c2nc(COC)c(CC(=O)O)s2)c1. The van der Waals surface area contributed by atoms with Gasteiger partial charge in [-0.2, -0.15) is 0 Å². The number of hydrogen-bond acceptors (Lipinski definition) is 5. The summed E-state index contributed by atoms with van der Waals surface area (Å²) >= 11 is 1.38. The van der Waals surface area contributed by atoms with Gasteiger partial charge in [-0.3, -0.25) is 4.79 Å². The molecule has 6 heteroatoms. The molecule has 2 aromatic rings. The smallest absolute Gasteiger partial charge is 0.308 e. The molecule has 21 heavy (non-hydrogen) atoms. The molecule has 1 aromatic carbocycles. The number of benzene rings is 1. The van der Waals surface area contributed by atoms with Crippen LogP contribution in [0.15, 0.2) is 24.3 Å². The minimum absolute atomic E-state index is 0.0402. The van der Waals surface area contributed by atoms with Crippen LogP contribution in [-0.4, -0.2) is 29.8 Å². The average molecular weight is 307 g/mol. The summed E-state index contributed by atoms with van der Waals surface area (Å²) in [4.78, 5) is 16.2. The molecule has 0 spiro atoms. The molecule has 0 atom stereocenters. The maximum absolute atomic E-state index is 10.9. The zero-order valence-corrected chi connectivity index (χ0v) is 12.8. The molecular formula is C15H17NO4S. The van der Waals surface area contributed by atoms with Crippen LogP contribution < -0.4 is 4.74 Å². The van der Waals surface area contributed by atoms with Gasteiger partial charge in [0.2, 0.25) is 0 Å². The number of ether oxygens (including phenoxy) is 2. The third-order valence-corrected chi connectivity index (χ3v) is 3.91. The summed E-state index contributed by atoms with van der Waals surface area (Å²) in [5.41, 5.74) is 1.60. The van der Waals surface area contributed by atoms with Crippen LogP contribution in [0.4, 0.5) is 0 Å². The van der Waals surface area contributed by atoms with E-state index in [1.165, 1.54) is 11.3 Å². The van der Waals surface area contributed by atoms with Crippen molar-refractivity contribution in [3.05, 3.63) is 34.8 Å². The van der Waals surface area contributed by atoms with Gasteiger partial charge in [-0.1, -0.05) is 12.1 Å². The Hall–Kier alpha value is -1.92. The van der Waals surface area contributed by atoms with Crippen LogP contribution in [0.5, 0.6) is 5.75 Å². The van der Waals surface area contributed by atoms with Crippen LogP contribution in [0.3, 0.4) is 0 Å². The molecule has 1 aromatic heterocycles. The van der Waals surface area contributed by atoms with Crippen molar-refractivity contribution in [1.82, 2.24) is 4.98 Å². The van der Waals surface area contributed by atoms with E-state index in [1.54, 1.807) is 7.11 Å². The number of thiazole rings is 1. The number of methoxy groups -OCH3 is 1. The maximum atomic E-state index is 10.9. The molecule has 5 nitrogen and oxygen atoms in total. The Labute approximate surface area is 127 Å². The fourth-order valence-electron chi connectivity index (χ4n) is 1.92. The summed E-state index contributed by atoms with van der Waals surface area (Å²) in [5.74, 6) is -0.0936. The van der Waals surface area contributed by atoms with E-state index < -0.39 is 5.97 Å². The van der Waals surface area contributed by atoms with Gasteiger partial charge in [-0.05, 0) is 19.1 Å². The normalized spacial score (nSPS) is 10.6. The molecule has 0 amide bonds. The summed E-state index contributed by atoms with van der Waals surface area (Å²) in [6, 6.07) is 7.62. The van der Waals surface area contributed by atoms with Gasteiger partial charge in [0, 0.05) is 17.6 Å². The van der Waals surface area contributed by atoms with Crippen molar-refractivity contribution >= 4 is 17.3 Å². The summed E-state index contributed by atoms with van der Waals surface area (Å²) in [6.45, 7) is 2.84. The fourth-order valence-corrected chi connectivity index (χ4v) is 2.97. The van der Waals surface area contributed by atoms with Crippen molar-refractivity contribution in [3.63, 3.8) is 0 Å². The molecule has 0 saturated carbocycles. The Morgan fingerprint density at radius 3 is 2.90 bits per heavy atom. The highest BCUT2D eigenvalue weighted by Crippen LogP contribution is 2.31. The van der Waals surface area contributed by atoms with E-state index in [0.717, 1.165) is 21.2 Å². The van der Waals surface area contributed by atoms with E-state index in [2.05, 4.69) is 4.98 Å². The number of carboxylic acid groups (broad SMARTS) is 1. The Balaban J connectivity index is 2.34. The van der Waals surface area contributed by atoms with Gasteiger partial charge in [0.05, 0.1) is 25.3 Å². The second-order valence-electron chi connectivity index (χ2n) is 4.35. The molecule has 0 fully saturated rings. The van der Waals surface area contributed by atoms with Crippen molar-refractivity contribution in [2.75, 3.05) is 13.7 Å². The molecule has 0 aliphatic heterocycles. The zero-order chi connectivity index (χ0) is 15.2. The Morgan fingerprint density at radius 2 is 2.24 bits per heavy atom. The molecule has 1 heterocycles. The molecule has 0 unspecified atom stereocenters. The van der Waals surface area contributed by atoms with Crippen molar-refractivity contribution in [1.29, 1.82) is 0 Å². The number of aliphatic carboxylic acids is 1. The van der Waals surface area contributed by atoms with Crippen LogP contribution in [0.25, 0.3) is 10.6 Å². The first-order valence-corrected chi connectivity index (χ1v) is 7.38. The summed E-state index contributed by atoms with van der Waals surface area (Å²) < 4.78 is 10.6. The Bertz CT molecular complexity index is 624. The third-order valence-electron chi connectivity index (χ3n) is 2.76. The highest BCUT2D eigenvalue weighted by molar-refractivity contribution is 7.15. The molecule has 1 N–H and O–H groups in total. The molecule has 112 valence electrons.